The molecule has 0 radical (unpaired) electrons. The summed E-state index contributed by atoms with van der Waals surface area (Å²) in [4.78, 5) is 2.43. The number of aryl methyl sites for hydroxylation is 1. The molecule has 4 rings (SSSR count). The lowest BCUT2D eigenvalue weighted by Gasteiger charge is -2.40. The topological polar surface area (TPSA) is 56.3 Å². The van der Waals surface area contributed by atoms with Crippen molar-refractivity contribution in [3.63, 3.8) is 0 Å². The van der Waals surface area contributed by atoms with Crippen LogP contribution in [-0.4, -0.2) is 39.1 Å². The van der Waals surface area contributed by atoms with Gasteiger partial charge in [0, 0.05) is 19.5 Å². The quantitative estimate of drug-likeness (QED) is 0.866. The van der Waals surface area contributed by atoms with Gasteiger partial charge in [0.25, 0.3) is 0 Å². The number of rotatable bonds is 4. The van der Waals surface area contributed by atoms with Crippen LogP contribution in [0.15, 0.2) is 22.7 Å². The van der Waals surface area contributed by atoms with Crippen molar-refractivity contribution in [1.29, 1.82) is 0 Å². The van der Waals surface area contributed by atoms with E-state index in [0.717, 1.165) is 56.1 Å². The van der Waals surface area contributed by atoms with E-state index >= 15 is 0 Å². The molecule has 118 valence electrons. The Morgan fingerprint density at radius 1 is 1.32 bits per heavy atom. The molecule has 6 nitrogen and oxygen atoms in total. The van der Waals surface area contributed by atoms with Crippen molar-refractivity contribution in [3.05, 3.63) is 35.5 Å². The molecule has 6 heteroatoms. The highest BCUT2D eigenvalue weighted by Gasteiger charge is 2.36. The van der Waals surface area contributed by atoms with Gasteiger partial charge in [0.1, 0.15) is 11.5 Å². The summed E-state index contributed by atoms with van der Waals surface area (Å²) in [5.74, 6) is 2.14. The van der Waals surface area contributed by atoms with Crippen molar-refractivity contribution in [2.24, 2.45) is 0 Å². The number of nitrogens with zero attached hydrogens (tertiary/aromatic N) is 4. The van der Waals surface area contributed by atoms with Gasteiger partial charge in [-0.15, -0.1) is 5.10 Å². The maximum Gasteiger partial charge on any atom is 0.118 e. The smallest absolute Gasteiger partial charge is 0.118 e. The normalized spacial score (nSPS) is 25.0. The van der Waals surface area contributed by atoms with E-state index in [1.165, 1.54) is 0 Å². The lowest BCUT2D eigenvalue weighted by atomic mass is 10.0. The minimum absolute atomic E-state index is 0.262. The Labute approximate surface area is 130 Å². The molecule has 4 heterocycles. The Morgan fingerprint density at radius 3 is 3.14 bits per heavy atom. The Hall–Kier alpha value is -1.66. The molecule has 0 spiro atoms. The zero-order valence-corrected chi connectivity index (χ0v) is 12.9. The van der Waals surface area contributed by atoms with E-state index < -0.39 is 0 Å². The predicted molar refractivity (Wildman–Crippen MR) is 80.2 cm³/mol. The van der Waals surface area contributed by atoms with Crippen LogP contribution in [-0.2, 0) is 24.3 Å². The number of hydrogen-bond donors (Lipinski definition) is 0. The van der Waals surface area contributed by atoms with Crippen LogP contribution in [0.4, 0.5) is 0 Å². The summed E-state index contributed by atoms with van der Waals surface area (Å²) in [6.45, 7) is 5.63. The highest BCUT2D eigenvalue weighted by atomic mass is 16.5. The van der Waals surface area contributed by atoms with E-state index in [1.54, 1.807) is 6.20 Å². The summed E-state index contributed by atoms with van der Waals surface area (Å²) < 4.78 is 13.9. The van der Waals surface area contributed by atoms with E-state index in [-0.39, 0.29) is 12.1 Å². The van der Waals surface area contributed by atoms with Gasteiger partial charge in [-0.2, -0.15) is 0 Å². The van der Waals surface area contributed by atoms with Crippen molar-refractivity contribution < 1.29 is 9.15 Å². The first-order valence-corrected chi connectivity index (χ1v) is 8.14. The monoisotopic (exact) mass is 302 g/mol. The number of furan rings is 1. The molecular weight excluding hydrogens is 280 g/mol. The lowest BCUT2D eigenvalue weighted by molar-refractivity contribution is -0.0677. The van der Waals surface area contributed by atoms with Crippen LogP contribution in [0.25, 0.3) is 0 Å². The first-order chi connectivity index (χ1) is 10.8. The molecule has 0 aromatic carbocycles. The SMILES string of the molecule is CCCc1ccc(CN2CCC3OCc4cnnn4C3C2)o1. The fraction of sp³-hybridized carbons (Fsp3) is 0.625. The molecule has 1 saturated heterocycles. The van der Waals surface area contributed by atoms with Gasteiger partial charge < -0.3 is 9.15 Å². The van der Waals surface area contributed by atoms with Gasteiger partial charge in [-0.3, -0.25) is 4.90 Å². The van der Waals surface area contributed by atoms with Crippen LogP contribution in [0, 0.1) is 0 Å². The molecule has 2 unspecified atom stereocenters. The Morgan fingerprint density at radius 2 is 2.23 bits per heavy atom. The average molecular weight is 302 g/mol. The van der Waals surface area contributed by atoms with Crippen molar-refractivity contribution in [2.45, 2.75) is 51.5 Å². The number of aromatic nitrogens is 3. The first kappa shape index (κ1) is 14.0. The third-order valence-corrected chi connectivity index (χ3v) is 4.61. The molecule has 2 aromatic heterocycles. The number of piperidine rings is 1. The fourth-order valence-electron chi connectivity index (χ4n) is 3.50. The highest BCUT2D eigenvalue weighted by Crippen LogP contribution is 2.30. The van der Waals surface area contributed by atoms with Gasteiger partial charge in [-0.05, 0) is 25.0 Å². The zero-order valence-electron chi connectivity index (χ0n) is 12.9. The summed E-state index contributed by atoms with van der Waals surface area (Å²) in [5.41, 5.74) is 1.08. The van der Waals surface area contributed by atoms with E-state index in [4.69, 9.17) is 9.15 Å². The predicted octanol–water partition coefficient (Wildman–Crippen LogP) is 2.17. The zero-order chi connectivity index (χ0) is 14.9. The summed E-state index contributed by atoms with van der Waals surface area (Å²) in [6.07, 6.45) is 5.23. The van der Waals surface area contributed by atoms with E-state index in [9.17, 15) is 0 Å². The Balaban J connectivity index is 1.45. The van der Waals surface area contributed by atoms with E-state index in [1.807, 2.05) is 4.68 Å². The molecule has 22 heavy (non-hydrogen) atoms. The molecule has 2 aromatic rings. The molecule has 0 amide bonds. The summed E-state index contributed by atoms with van der Waals surface area (Å²) in [6, 6.07) is 4.48. The summed E-state index contributed by atoms with van der Waals surface area (Å²) in [5, 5.41) is 8.27. The van der Waals surface area contributed by atoms with Gasteiger partial charge in [-0.1, -0.05) is 12.1 Å². The van der Waals surface area contributed by atoms with Crippen LogP contribution in [0.2, 0.25) is 0 Å². The van der Waals surface area contributed by atoms with Crippen LogP contribution < -0.4 is 0 Å². The van der Waals surface area contributed by atoms with Gasteiger partial charge in [-0.25, -0.2) is 4.68 Å². The second-order valence-electron chi connectivity index (χ2n) is 6.23. The lowest BCUT2D eigenvalue weighted by Crippen LogP contribution is -2.47. The molecule has 2 aliphatic rings. The fourth-order valence-corrected chi connectivity index (χ4v) is 3.50. The van der Waals surface area contributed by atoms with Crippen molar-refractivity contribution in [1.82, 2.24) is 19.9 Å². The van der Waals surface area contributed by atoms with Crippen LogP contribution >= 0.6 is 0 Å². The molecule has 0 saturated carbocycles. The third-order valence-electron chi connectivity index (χ3n) is 4.61. The maximum absolute atomic E-state index is 5.95. The first-order valence-electron chi connectivity index (χ1n) is 8.14. The van der Waals surface area contributed by atoms with Gasteiger partial charge in [0.2, 0.25) is 0 Å². The van der Waals surface area contributed by atoms with E-state index in [2.05, 4.69) is 34.3 Å². The van der Waals surface area contributed by atoms with E-state index in [0.29, 0.717) is 6.61 Å². The number of ether oxygens (including phenoxy) is 1. The molecule has 2 atom stereocenters. The standard InChI is InChI=1S/C16H22N4O2/c1-2-3-13-4-5-14(22-13)9-19-7-6-16-15(10-19)20-12(11-21-16)8-17-18-20/h4-5,8,15-16H,2-3,6-7,9-11H2,1H3. The second kappa shape index (κ2) is 5.85. The Kier molecular flexibility index (Phi) is 3.72. The van der Waals surface area contributed by atoms with Crippen LogP contribution in [0.5, 0.6) is 0 Å². The average Bonchev–Trinajstić information content (AvgIpc) is 3.17. The minimum atomic E-state index is 0.262. The largest absolute Gasteiger partial charge is 0.465 e. The summed E-state index contributed by atoms with van der Waals surface area (Å²) in [7, 11) is 0. The number of fused-ring (bicyclic) bond motifs is 3. The minimum Gasteiger partial charge on any atom is -0.465 e. The van der Waals surface area contributed by atoms with Crippen molar-refractivity contribution >= 4 is 0 Å². The molecular formula is C16H22N4O2. The van der Waals surface area contributed by atoms with Crippen molar-refractivity contribution in [3.8, 4) is 0 Å². The van der Waals surface area contributed by atoms with Gasteiger partial charge in [0.05, 0.1) is 37.2 Å². The van der Waals surface area contributed by atoms with Crippen molar-refractivity contribution in [2.75, 3.05) is 13.1 Å². The third kappa shape index (κ3) is 2.57. The van der Waals surface area contributed by atoms with Gasteiger partial charge >= 0.3 is 0 Å². The van der Waals surface area contributed by atoms with Gasteiger partial charge in [0.15, 0.2) is 0 Å². The number of likely N-dealkylation sites (tertiary alicyclic amines) is 1. The molecule has 0 N–H and O–H groups in total. The second-order valence-corrected chi connectivity index (χ2v) is 6.23. The molecule has 1 fully saturated rings. The van der Waals surface area contributed by atoms with Crippen LogP contribution in [0.3, 0.4) is 0 Å². The summed E-state index contributed by atoms with van der Waals surface area (Å²) >= 11 is 0. The highest BCUT2D eigenvalue weighted by molar-refractivity contribution is 5.08. The molecule has 2 aliphatic heterocycles. The Bertz CT molecular complexity index is 636. The maximum atomic E-state index is 5.95. The molecule has 0 bridgehead atoms. The molecule has 0 aliphatic carbocycles. The number of hydrogen-bond acceptors (Lipinski definition) is 5. The van der Waals surface area contributed by atoms with Crippen LogP contribution in [0.1, 0.15) is 43.0 Å².